The number of aromatic nitrogens is 2. The second-order valence-corrected chi connectivity index (χ2v) is 2.66. The third kappa shape index (κ3) is 1.85. The van der Waals surface area contributed by atoms with Crippen LogP contribution >= 0.6 is 0 Å². The SMILES string of the molecule is Cn1cc(C(O)CN)c(C(=O)O)n1. The third-order valence-corrected chi connectivity index (χ3v) is 1.64. The predicted octanol–water partition coefficient (Wildman–Crippen LogP) is -0.890. The smallest absolute Gasteiger partial charge is 0.356 e. The van der Waals surface area contributed by atoms with Crippen LogP contribution in [0.25, 0.3) is 0 Å². The van der Waals surface area contributed by atoms with Crippen molar-refractivity contribution in [2.45, 2.75) is 6.10 Å². The molecule has 1 aromatic rings. The van der Waals surface area contributed by atoms with E-state index in [-0.39, 0.29) is 17.8 Å². The molecule has 0 aromatic carbocycles. The number of nitrogens with zero attached hydrogens (tertiary/aromatic N) is 2. The van der Waals surface area contributed by atoms with Gasteiger partial charge in [0.2, 0.25) is 0 Å². The zero-order valence-corrected chi connectivity index (χ0v) is 7.14. The molecule has 13 heavy (non-hydrogen) atoms. The molecule has 0 radical (unpaired) electrons. The molecule has 1 rings (SSSR count). The Bertz CT molecular complexity index is 321. The maximum absolute atomic E-state index is 10.6. The Morgan fingerprint density at radius 1 is 1.85 bits per heavy atom. The molecule has 0 aliphatic rings. The summed E-state index contributed by atoms with van der Waals surface area (Å²) in [6.07, 6.45) is 0.473. The number of aromatic carboxylic acids is 1. The van der Waals surface area contributed by atoms with Gasteiger partial charge in [-0.1, -0.05) is 0 Å². The molecule has 0 spiro atoms. The zero-order valence-electron chi connectivity index (χ0n) is 7.14. The monoisotopic (exact) mass is 185 g/mol. The minimum atomic E-state index is -1.16. The first-order valence-electron chi connectivity index (χ1n) is 3.71. The molecule has 1 aromatic heterocycles. The second kappa shape index (κ2) is 3.55. The van der Waals surface area contributed by atoms with Crippen LogP contribution in [0, 0.1) is 0 Å². The first-order valence-corrected chi connectivity index (χ1v) is 3.71. The molecule has 0 aliphatic heterocycles. The lowest BCUT2D eigenvalue weighted by atomic mass is 10.1. The summed E-state index contributed by atoms with van der Waals surface area (Å²) >= 11 is 0. The normalized spacial score (nSPS) is 12.8. The van der Waals surface area contributed by atoms with E-state index in [1.54, 1.807) is 7.05 Å². The Kier molecular flexibility index (Phi) is 2.64. The number of hydrogen-bond donors (Lipinski definition) is 3. The van der Waals surface area contributed by atoms with Gasteiger partial charge in [0.1, 0.15) is 0 Å². The van der Waals surface area contributed by atoms with Crippen molar-refractivity contribution >= 4 is 5.97 Å². The van der Waals surface area contributed by atoms with Gasteiger partial charge in [-0.2, -0.15) is 5.10 Å². The van der Waals surface area contributed by atoms with Crippen molar-refractivity contribution in [3.8, 4) is 0 Å². The van der Waals surface area contributed by atoms with E-state index in [0.717, 1.165) is 0 Å². The Hall–Kier alpha value is -1.40. The number of carboxylic acid groups (broad SMARTS) is 1. The molecule has 6 nitrogen and oxygen atoms in total. The molecule has 1 unspecified atom stereocenters. The van der Waals surface area contributed by atoms with Gasteiger partial charge in [-0.05, 0) is 0 Å². The maximum Gasteiger partial charge on any atom is 0.356 e. The van der Waals surface area contributed by atoms with E-state index in [1.165, 1.54) is 10.9 Å². The number of carbonyl (C=O) groups is 1. The largest absolute Gasteiger partial charge is 0.476 e. The fourth-order valence-electron chi connectivity index (χ4n) is 1.04. The lowest BCUT2D eigenvalue weighted by Gasteiger charge is -2.04. The fourth-order valence-corrected chi connectivity index (χ4v) is 1.04. The van der Waals surface area contributed by atoms with E-state index in [0.29, 0.717) is 0 Å². The summed E-state index contributed by atoms with van der Waals surface area (Å²) in [4.78, 5) is 10.6. The molecule has 1 heterocycles. The highest BCUT2D eigenvalue weighted by Crippen LogP contribution is 2.15. The minimum absolute atomic E-state index is 0.0219. The molecular weight excluding hydrogens is 174 g/mol. The average molecular weight is 185 g/mol. The fraction of sp³-hybridized carbons (Fsp3) is 0.429. The summed E-state index contributed by atoms with van der Waals surface area (Å²) < 4.78 is 1.33. The van der Waals surface area contributed by atoms with Crippen LogP contribution in [0.1, 0.15) is 22.2 Å². The van der Waals surface area contributed by atoms with Gasteiger partial charge in [0.25, 0.3) is 0 Å². The summed E-state index contributed by atoms with van der Waals surface area (Å²) in [7, 11) is 1.58. The Morgan fingerprint density at radius 2 is 2.46 bits per heavy atom. The number of aryl methyl sites for hydroxylation is 1. The molecule has 0 amide bonds. The number of rotatable bonds is 3. The van der Waals surface area contributed by atoms with Gasteiger partial charge in [0, 0.05) is 25.4 Å². The average Bonchev–Trinajstić information content (AvgIpc) is 2.46. The summed E-state index contributed by atoms with van der Waals surface area (Å²) in [6, 6.07) is 0. The van der Waals surface area contributed by atoms with E-state index < -0.39 is 12.1 Å². The van der Waals surface area contributed by atoms with Gasteiger partial charge in [0.05, 0.1) is 6.10 Å². The van der Waals surface area contributed by atoms with Crippen LogP contribution in [-0.2, 0) is 7.05 Å². The highest BCUT2D eigenvalue weighted by molar-refractivity contribution is 5.87. The quantitative estimate of drug-likeness (QED) is 0.567. The van der Waals surface area contributed by atoms with E-state index in [1.807, 2.05) is 0 Å². The Labute approximate surface area is 74.6 Å². The Balaban J connectivity index is 3.11. The third-order valence-electron chi connectivity index (χ3n) is 1.64. The lowest BCUT2D eigenvalue weighted by Crippen LogP contribution is -2.14. The van der Waals surface area contributed by atoms with Crippen LogP contribution in [-0.4, -0.2) is 32.5 Å². The number of hydrogen-bond acceptors (Lipinski definition) is 4. The number of nitrogens with two attached hydrogens (primary N) is 1. The minimum Gasteiger partial charge on any atom is -0.476 e. The molecule has 0 fully saturated rings. The van der Waals surface area contributed by atoms with Gasteiger partial charge in [0.15, 0.2) is 5.69 Å². The van der Waals surface area contributed by atoms with Crippen LogP contribution in [0.15, 0.2) is 6.20 Å². The van der Waals surface area contributed by atoms with E-state index in [9.17, 15) is 9.90 Å². The molecule has 0 saturated heterocycles. The highest BCUT2D eigenvalue weighted by Gasteiger charge is 2.19. The van der Waals surface area contributed by atoms with Gasteiger partial charge in [-0.25, -0.2) is 4.79 Å². The zero-order chi connectivity index (χ0) is 10.0. The van der Waals surface area contributed by atoms with Crippen LogP contribution in [0.3, 0.4) is 0 Å². The van der Waals surface area contributed by atoms with E-state index >= 15 is 0 Å². The van der Waals surface area contributed by atoms with Gasteiger partial charge in [-0.15, -0.1) is 0 Å². The number of carboxylic acids is 1. The topological polar surface area (TPSA) is 101 Å². The van der Waals surface area contributed by atoms with Gasteiger partial charge in [-0.3, -0.25) is 4.68 Å². The number of aliphatic hydroxyl groups excluding tert-OH is 1. The Morgan fingerprint density at radius 3 is 2.92 bits per heavy atom. The molecule has 0 aliphatic carbocycles. The number of aliphatic hydroxyl groups is 1. The molecular formula is C7H11N3O3. The van der Waals surface area contributed by atoms with Crippen molar-refractivity contribution in [2.75, 3.05) is 6.54 Å². The van der Waals surface area contributed by atoms with Crippen molar-refractivity contribution in [1.29, 1.82) is 0 Å². The highest BCUT2D eigenvalue weighted by atomic mass is 16.4. The van der Waals surface area contributed by atoms with Crippen molar-refractivity contribution in [3.05, 3.63) is 17.5 Å². The lowest BCUT2D eigenvalue weighted by molar-refractivity contribution is 0.0682. The van der Waals surface area contributed by atoms with Gasteiger partial charge < -0.3 is 15.9 Å². The van der Waals surface area contributed by atoms with Crippen molar-refractivity contribution in [2.24, 2.45) is 12.8 Å². The van der Waals surface area contributed by atoms with Crippen molar-refractivity contribution in [1.82, 2.24) is 9.78 Å². The standard InChI is InChI=1S/C7H11N3O3/c1-10-3-4(5(11)2-8)6(9-10)7(12)13/h3,5,11H,2,8H2,1H3,(H,12,13). The second-order valence-electron chi connectivity index (χ2n) is 2.66. The molecule has 72 valence electrons. The van der Waals surface area contributed by atoms with Crippen LogP contribution in [0.4, 0.5) is 0 Å². The first-order chi connectivity index (χ1) is 6.06. The van der Waals surface area contributed by atoms with Crippen LogP contribution in [0.2, 0.25) is 0 Å². The van der Waals surface area contributed by atoms with E-state index in [4.69, 9.17) is 10.8 Å². The maximum atomic E-state index is 10.6. The van der Waals surface area contributed by atoms with Crippen LogP contribution in [0.5, 0.6) is 0 Å². The predicted molar refractivity (Wildman–Crippen MR) is 44.2 cm³/mol. The van der Waals surface area contributed by atoms with E-state index in [2.05, 4.69) is 5.10 Å². The van der Waals surface area contributed by atoms with Gasteiger partial charge >= 0.3 is 5.97 Å². The molecule has 0 saturated carbocycles. The molecule has 0 bridgehead atoms. The molecule has 4 N–H and O–H groups in total. The summed E-state index contributed by atoms with van der Waals surface area (Å²) in [5.74, 6) is -1.16. The first kappa shape index (κ1) is 9.69. The summed E-state index contributed by atoms with van der Waals surface area (Å²) in [5, 5.41) is 21.7. The summed E-state index contributed by atoms with van der Waals surface area (Å²) in [6.45, 7) is -0.0219. The summed E-state index contributed by atoms with van der Waals surface area (Å²) in [5.41, 5.74) is 5.30. The van der Waals surface area contributed by atoms with Crippen molar-refractivity contribution < 1.29 is 15.0 Å². The molecule has 1 atom stereocenters. The molecule has 6 heteroatoms. The van der Waals surface area contributed by atoms with Crippen LogP contribution < -0.4 is 5.73 Å². The van der Waals surface area contributed by atoms with Crippen molar-refractivity contribution in [3.63, 3.8) is 0 Å².